The molecule has 0 bridgehead atoms. The van der Waals surface area contributed by atoms with Crippen LogP contribution >= 0.6 is 11.6 Å². The number of hydrogen-bond acceptors (Lipinski definition) is 5. The van der Waals surface area contributed by atoms with Crippen molar-refractivity contribution in [2.45, 2.75) is 12.1 Å². The van der Waals surface area contributed by atoms with E-state index >= 15 is 0 Å². The molecule has 20 heavy (non-hydrogen) atoms. The Balaban J connectivity index is 1.92. The normalized spacial score (nSPS) is 22.2. The fourth-order valence-corrected chi connectivity index (χ4v) is 2.81. The Morgan fingerprint density at radius 3 is 3.05 bits per heavy atom. The van der Waals surface area contributed by atoms with E-state index in [0.29, 0.717) is 17.2 Å². The van der Waals surface area contributed by atoms with Crippen molar-refractivity contribution in [1.82, 2.24) is 10.3 Å². The smallest absolute Gasteiger partial charge is 0.152 e. The summed E-state index contributed by atoms with van der Waals surface area (Å²) in [6.07, 6.45) is -0.0434. The molecule has 0 spiro atoms. The number of nitrogens with two attached hydrogens (primary N) is 1. The summed E-state index contributed by atoms with van der Waals surface area (Å²) in [5.41, 5.74) is 3.49. The number of likely N-dealkylation sites (N-methyl/N-ethyl adjacent to an activating group) is 1. The summed E-state index contributed by atoms with van der Waals surface area (Å²) in [6, 6.07) is 7.45. The van der Waals surface area contributed by atoms with Gasteiger partial charge in [0.25, 0.3) is 0 Å². The zero-order valence-corrected chi connectivity index (χ0v) is 12.1. The number of nitrogens with one attached hydrogen (secondary N) is 1. The number of fused-ring (bicyclic) bond motifs is 1. The number of rotatable bonds is 3. The Morgan fingerprint density at radius 1 is 1.50 bits per heavy atom. The van der Waals surface area contributed by atoms with Gasteiger partial charge in [-0.3, -0.25) is 5.84 Å². The average molecular weight is 296 g/mol. The van der Waals surface area contributed by atoms with E-state index in [1.807, 2.05) is 24.3 Å². The number of nitrogens with zero attached hydrogens (tertiary/aromatic N) is 1. The molecule has 2 aromatic rings. The highest BCUT2D eigenvalue weighted by Crippen LogP contribution is 2.31. The number of hydrogen-bond donors (Lipinski definition) is 2. The van der Waals surface area contributed by atoms with Gasteiger partial charge in [-0.25, -0.2) is 5.43 Å². The zero-order chi connectivity index (χ0) is 14.1. The van der Waals surface area contributed by atoms with Gasteiger partial charge in [0, 0.05) is 18.5 Å². The Morgan fingerprint density at radius 2 is 2.35 bits per heavy atom. The monoisotopic (exact) mass is 295 g/mol. The summed E-state index contributed by atoms with van der Waals surface area (Å²) in [7, 11) is 2.07. The molecule has 108 valence electrons. The van der Waals surface area contributed by atoms with Gasteiger partial charge in [0.1, 0.15) is 11.8 Å². The lowest BCUT2D eigenvalue weighted by Gasteiger charge is -2.33. The summed E-state index contributed by atoms with van der Waals surface area (Å²) in [5.74, 6) is 6.45. The summed E-state index contributed by atoms with van der Waals surface area (Å²) in [5, 5.41) is 1.57. The van der Waals surface area contributed by atoms with Gasteiger partial charge in [-0.1, -0.05) is 23.7 Å². The largest absolute Gasteiger partial charge is 0.458 e. The van der Waals surface area contributed by atoms with Gasteiger partial charge in [-0.05, 0) is 19.2 Å². The summed E-state index contributed by atoms with van der Waals surface area (Å²) in [4.78, 5) is 2.22. The number of halogens is 1. The van der Waals surface area contributed by atoms with Gasteiger partial charge < -0.3 is 14.1 Å². The molecule has 0 amide bonds. The highest BCUT2D eigenvalue weighted by Gasteiger charge is 2.30. The molecule has 3 rings (SSSR count). The van der Waals surface area contributed by atoms with E-state index in [1.165, 1.54) is 0 Å². The first-order valence-corrected chi connectivity index (χ1v) is 7.01. The number of para-hydroxylation sites is 1. The molecular weight excluding hydrogens is 278 g/mol. The van der Waals surface area contributed by atoms with Gasteiger partial charge in [-0.15, -0.1) is 0 Å². The van der Waals surface area contributed by atoms with Crippen LogP contribution in [-0.4, -0.2) is 37.7 Å². The van der Waals surface area contributed by atoms with E-state index in [9.17, 15) is 0 Å². The predicted molar refractivity (Wildman–Crippen MR) is 78.5 cm³/mol. The molecule has 6 heteroatoms. The Bertz CT molecular complexity index is 601. The van der Waals surface area contributed by atoms with Gasteiger partial charge in [0.2, 0.25) is 0 Å². The molecule has 2 unspecified atom stereocenters. The molecule has 5 nitrogen and oxygen atoms in total. The summed E-state index contributed by atoms with van der Waals surface area (Å²) < 4.78 is 11.7. The van der Waals surface area contributed by atoms with Crippen LogP contribution in [0.2, 0.25) is 5.02 Å². The van der Waals surface area contributed by atoms with E-state index in [2.05, 4.69) is 17.4 Å². The molecular formula is C14H18ClN3O2. The molecule has 3 N–H and O–H groups in total. The van der Waals surface area contributed by atoms with Crippen molar-refractivity contribution in [1.29, 1.82) is 0 Å². The summed E-state index contributed by atoms with van der Waals surface area (Å²) >= 11 is 6.14. The Kier molecular flexibility index (Phi) is 3.96. The second-order valence-electron chi connectivity index (χ2n) is 5.12. The lowest BCUT2D eigenvalue weighted by atomic mass is 10.1. The minimum atomic E-state index is -0.193. The van der Waals surface area contributed by atoms with Crippen molar-refractivity contribution in [3.8, 4) is 0 Å². The predicted octanol–water partition coefficient (Wildman–Crippen LogP) is 1.92. The van der Waals surface area contributed by atoms with Crippen molar-refractivity contribution >= 4 is 22.6 Å². The fraction of sp³-hybridized carbons (Fsp3) is 0.429. The fourth-order valence-electron chi connectivity index (χ4n) is 2.59. The lowest BCUT2D eigenvalue weighted by Crippen LogP contribution is -2.48. The molecule has 1 aliphatic rings. The molecule has 1 fully saturated rings. The van der Waals surface area contributed by atoms with E-state index < -0.39 is 0 Å². The molecule has 1 aromatic carbocycles. The zero-order valence-electron chi connectivity index (χ0n) is 11.3. The highest BCUT2D eigenvalue weighted by atomic mass is 35.5. The third-order valence-corrected chi connectivity index (χ3v) is 3.97. The minimum absolute atomic E-state index is 0.0434. The molecule has 1 aromatic heterocycles. The lowest BCUT2D eigenvalue weighted by molar-refractivity contribution is -0.0425. The van der Waals surface area contributed by atoms with Crippen molar-refractivity contribution in [2.24, 2.45) is 5.84 Å². The molecule has 1 saturated heterocycles. The first-order chi connectivity index (χ1) is 9.69. The van der Waals surface area contributed by atoms with Gasteiger partial charge >= 0.3 is 0 Å². The van der Waals surface area contributed by atoms with E-state index in [4.69, 9.17) is 26.6 Å². The number of benzene rings is 1. The summed E-state index contributed by atoms with van der Waals surface area (Å²) in [6.45, 7) is 2.43. The first kappa shape index (κ1) is 13.9. The quantitative estimate of drug-likeness (QED) is 0.669. The van der Waals surface area contributed by atoms with Crippen molar-refractivity contribution in [2.75, 3.05) is 26.7 Å². The number of furan rings is 1. The van der Waals surface area contributed by atoms with Crippen LogP contribution in [0.3, 0.4) is 0 Å². The molecule has 0 saturated carbocycles. The molecule has 2 atom stereocenters. The standard InChI is InChI=1S/C14H18ClN3O2/c1-18-5-6-19-12(8-18)13(17-16)11-7-9-3-2-4-10(15)14(9)20-11/h2-4,7,12-13,17H,5-6,8,16H2,1H3. The number of morpholine rings is 1. The van der Waals surface area contributed by atoms with Crippen molar-refractivity contribution in [3.05, 3.63) is 35.0 Å². The van der Waals surface area contributed by atoms with Crippen LogP contribution in [0.15, 0.2) is 28.7 Å². The van der Waals surface area contributed by atoms with Crippen molar-refractivity contribution < 1.29 is 9.15 Å². The van der Waals surface area contributed by atoms with E-state index in [-0.39, 0.29) is 12.1 Å². The highest BCUT2D eigenvalue weighted by molar-refractivity contribution is 6.34. The van der Waals surface area contributed by atoms with Crippen LogP contribution in [0.1, 0.15) is 11.8 Å². The van der Waals surface area contributed by atoms with Crippen molar-refractivity contribution in [3.63, 3.8) is 0 Å². The first-order valence-electron chi connectivity index (χ1n) is 6.63. The topological polar surface area (TPSA) is 63.7 Å². The maximum atomic E-state index is 6.14. The van der Waals surface area contributed by atoms with Crippen LogP contribution in [0, 0.1) is 0 Å². The van der Waals surface area contributed by atoms with Gasteiger partial charge in [0.15, 0.2) is 5.58 Å². The van der Waals surface area contributed by atoms with Crippen LogP contribution < -0.4 is 11.3 Å². The Labute approximate surface area is 122 Å². The van der Waals surface area contributed by atoms with E-state index in [1.54, 1.807) is 0 Å². The molecule has 0 aliphatic carbocycles. The van der Waals surface area contributed by atoms with E-state index in [0.717, 1.165) is 24.2 Å². The second kappa shape index (κ2) is 5.71. The number of hydrazine groups is 1. The van der Waals surface area contributed by atoms with Gasteiger partial charge in [0.05, 0.1) is 17.7 Å². The van der Waals surface area contributed by atoms with Gasteiger partial charge in [-0.2, -0.15) is 0 Å². The van der Waals surface area contributed by atoms with Crippen LogP contribution in [0.4, 0.5) is 0 Å². The maximum absolute atomic E-state index is 6.14. The van der Waals surface area contributed by atoms with Crippen LogP contribution in [0.5, 0.6) is 0 Å². The average Bonchev–Trinajstić information content (AvgIpc) is 2.85. The molecule has 1 aliphatic heterocycles. The molecule has 2 heterocycles. The minimum Gasteiger partial charge on any atom is -0.458 e. The maximum Gasteiger partial charge on any atom is 0.152 e. The Hall–Kier alpha value is -1.11. The van der Waals surface area contributed by atoms with Crippen LogP contribution in [0.25, 0.3) is 11.0 Å². The SMILES string of the molecule is CN1CCOC(C(NN)c2cc3cccc(Cl)c3o2)C1. The third kappa shape index (κ3) is 2.55. The van der Waals surface area contributed by atoms with Crippen LogP contribution in [-0.2, 0) is 4.74 Å². The second-order valence-corrected chi connectivity index (χ2v) is 5.53. The third-order valence-electron chi connectivity index (χ3n) is 3.67. The molecule has 0 radical (unpaired) electrons. The number of ether oxygens (including phenoxy) is 1.